The average Bonchev–Trinajstić information content (AvgIpc) is 2.41. The van der Waals surface area contributed by atoms with Gasteiger partial charge in [0.2, 0.25) is 0 Å². The summed E-state index contributed by atoms with van der Waals surface area (Å²) < 4.78 is 42.3. The maximum atomic E-state index is 12.4. The molecule has 0 unspecified atom stereocenters. The van der Waals surface area contributed by atoms with Crippen LogP contribution in [0.3, 0.4) is 0 Å². The Morgan fingerprint density at radius 1 is 1.26 bits per heavy atom. The topological polar surface area (TPSA) is 63.0 Å². The first-order valence-electron chi connectivity index (χ1n) is 6.32. The van der Waals surface area contributed by atoms with E-state index in [0.29, 0.717) is 5.01 Å². The van der Waals surface area contributed by atoms with Crippen molar-refractivity contribution in [2.75, 3.05) is 5.01 Å². The fourth-order valence-electron chi connectivity index (χ4n) is 1.39. The van der Waals surface area contributed by atoms with Crippen LogP contribution in [0.1, 0.15) is 20.8 Å². The molecule has 0 spiro atoms. The Morgan fingerprint density at radius 2 is 1.87 bits per heavy atom. The van der Waals surface area contributed by atoms with Crippen molar-refractivity contribution >= 4 is 23.4 Å². The molecule has 0 heterocycles. The molecule has 2 amide bonds. The molecular formula is C14H14F3N3O3. The molecule has 0 atom stereocenters. The summed E-state index contributed by atoms with van der Waals surface area (Å²) >= 11 is 0. The molecule has 124 valence electrons. The van der Waals surface area contributed by atoms with Gasteiger partial charge < -0.3 is 4.74 Å². The number of hydrogen-bond donors (Lipinski definition) is 1. The zero-order chi connectivity index (χ0) is 17.8. The van der Waals surface area contributed by atoms with E-state index >= 15 is 0 Å². The van der Waals surface area contributed by atoms with Gasteiger partial charge in [-0.2, -0.15) is 18.2 Å². The number of nitrogens with one attached hydrogen (secondary N) is 1. The fraction of sp³-hybridized carbons (Fsp3) is 0.357. The minimum Gasteiger partial charge on any atom is -0.442 e. The van der Waals surface area contributed by atoms with E-state index < -0.39 is 23.8 Å². The molecule has 23 heavy (non-hydrogen) atoms. The largest absolute Gasteiger partial charge is 0.472 e. The lowest BCUT2D eigenvalue weighted by Crippen LogP contribution is -2.52. The van der Waals surface area contributed by atoms with Crippen LogP contribution in [0.2, 0.25) is 0 Å². The number of alkyl halides is 3. The van der Waals surface area contributed by atoms with E-state index in [1.54, 1.807) is 0 Å². The van der Waals surface area contributed by atoms with Gasteiger partial charge in [-0.3, -0.25) is 4.79 Å². The summed E-state index contributed by atoms with van der Waals surface area (Å²) in [7, 11) is 0. The predicted octanol–water partition coefficient (Wildman–Crippen LogP) is 3.57. The lowest BCUT2D eigenvalue weighted by molar-refractivity contribution is -0.173. The number of anilines is 1. The molecule has 0 fully saturated rings. The zero-order valence-corrected chi connectivity index (χ0v) is 12.6. The van der Waals surface area contributed by atoms with Crippen LogP contribution >= 0.6 is 0 Å². The summed E-state index contributed by atoms with van der Waals surface area (Å²) in [5.74, 6) is -2.34. The number of benzene rings is 1. The molecule has 1 aromatic carbocycles. The summed E-state index contributed by atoms with van der Waals surface area (Å²) in [6, 6.07) is 5.16. The van der Waals surface area contributed by atoms with Gasteiger partial charge in [-0.15, -0.1) is 0 Å². The highest BCUT2D eigenvalue weighted by Gasteiger charge is 2.41. The molecule has 0 aromatic heterocycles. The highest BCUT2D eigenvalue weighted by molar-refractivity contribution is 5.94. The molecule has 1 rings (SSSR count). The van der Waals surface area contributed by atoms with E-state index in [-0.39, 0.29) is 11.4 Å². The van der Waals surface area contributed by atoms with E-state index in [0.717, 1.165) is 6.07 Å². The van der Waals surface area contributed by atoms with Crippen LogP contribution in [0.15, 0.2) is 24.3 Å². The number of hydrogen-bond acceptors (Lipinski definition) is 3. The van der Waals surface area contributed by atoms with E-state index in [1.807, 2.05) is 0 Å². The van der Waals surface area contributed by atoms with Crippen LogP contribution in [-0.4, -0.2) is 23.8 Å². The first-order chi connectivity index (χ1) is 10.4. The van der Waals surface area contributed by atoms with Gasteiger partial charge in [-0.25, -0.2) is 15.1 Å². The molecule has 0 aliphatic carbocycles. The lowest BCUT2D eigenvalue weighted by Gasteiger charge is -2.27. The second kappa shape index (κ2) is 6.56. The monoisotopic (exact) mass is 329 g/mol. The summed E-state index contributed by atoms with van der Waals surface area (Å²) in [6.45, 7) is 11.5. The standard InChI is InChI=1S/C14H14F3N3O3/c1-13(2,3)23-12(22)20(19-11(21)14(15,16)17)10-7-5-6-9(8-10)18-4/h5-8H,1-3H3,(H,19,21). The number of rotatable bonds is 1. The van der Waals surface area contributed by atoms with Crippen LogP contribution in [-0.2, 0) is 9.53 Å². The summed E-state index contributed by atoms with van der Waals surface area (Å²) in [4.78, 5) is 26.3. The predicted molar refractivity (Wildman–Crippen MR) is 75.6 cm³/mol. The smallest absolute Gasteiger partial charge is 0.442 e. The SMILES string of the molecule is [C-]#[N+]c1cccc(N(NC(=O)C(F)(F)F)C(=O)OC(C)(C)C)c1. The maximum Gasteiger partial charge on any atom is 0.472 e. The van der Waals surface area contributed by atoms with Gasteiger partial charge in [0.1, 0.15) is 5.60 Å². The van der Waals surface area contributed by atoms with Crippen molar-refractivity contribution in [3.05, 3.63) is 35.7 Å². The second-order valence-electron chi connectivity index (χ2n) is 5.39. The van der Waals surface area contributed by atoms with E-state index in [9.17, 15) is 22.8 Å². The van der Waals surface area contributed by atoms with Crippen molar-refractivity contribution in [3.8, 4) is 0 Å². The molecule has 0 aliphatic rings. The van der Waals surface area contributed by atoms with Gasteiger partial charge in [0, 0.05) is 0 Å². The minimum atomic E-state index is -5.18. The maximum absolute atomic E-state index is 12.4. The normalized spacial score (nSPS) is 11.3. The fourth-order valence-corrected chi connectivity index (χ4v) is 1.39. The Hall–Kier alpha value is -2.76. The quantitative estimate of drug-likeness (QED) is 0.633. The second-order valence-corrected chi connectivity index (χ2v) is 5.39. The van der Waals surface area contributed by atoms with Crippen molar-refractivity contribution in [1.82, 2.24) is 5.43 Å². The third kappa shape index (κ3) is 5.50. The van der Waals surface area contributed by atoms with Crippen molar-refractivity contribution in [1.29, 1.82) is 0 Å². The number of nitrogens with zero attached hydrogens (tertiary/aromatic N) is 2. The molecule has 9 heteroatoms. The third-order valence-electron chi connectivity index (χ3n) is 2.26. The van der Waals surface area contributed by atoms with E-state index in [4.69, 9.17) is 11.3 Å². The van der Waals surface area contributed by atoms with Crippen LogP contribution in [0.4, 0.5) is 29.3 Å². The van der Waals surface area contributed by atoms with Gasteiger partial charge in [0.05, 0.1) is 12.3 Å². The van der Waals surface area contributed by atoms with Crippen molar-refractivity contribution in [2.45, 2.75) is 32.5 Å². The van der Waals surface area contributed by atoms with Gasteiger partial charge in [-0.05, 0) is 32.9 Å². The third-order valence-corrected chi connectivity index (χ3v) is 2.26. The number of ether oxygens (including phenoxy) is 1. The molecule has 0 saturated carbocycles. The Morgan fingerprint density at radius 3 is 2.35 bits per heavy atom. The summed E-state index contributed by atoms with van der Waals surface area (Å²) in [5, 5.41) is 0.315. The molecule has 0 bridgehead atoms. The zero-order valence-electron chi connectivity index (χ0n) is 12.6. The van der Waals surface area contributed by atoms with Crippen LogP contribution in [0, 0.1) is 6.57 Å². The molecule has 0 radical (unpaired) electrons. The van der Waals surface area contributed by atoms with Gasteiger partial charge in [0.25, 0.3) is 0 Å². The Balaban J connectivity index is 3.18. The Labute approximate surface area is 130 Å². The first-order valence-corrected chi connectivity index (χ1v) is 6.32. The van der Waals surface area contributed by atoms with Crippen LogP contribution in [0.25, 0.3) is 4.85 Å². The molecule has 1 aromatic rings. The number of hydrazine groups is 1. The van der Waals surface area contributed by atoms with Gasteiger partial charge in [0.15, 0.2) is 5.69 Å². The minimum absolute atomic E-state index is 0.0808. The number of halogens is 3. The Kier molecular flexibility index (Phi) is 5.22. The van der Waals surface area contributed by atoms with Crippen LogP contribution in [0.5, 0.6) is 0 Å². The lowest BCUT2D eigenvalue weighted by atomic mass is 10.2. The first kappa shape index (κ1) is 18.3. The molecule has 1 N–H and O–H groups in total. The van der Waals surface area contributed by atoms with E-state index in [2.05, 4.69) is 4.85 Å². The summed E-state index contributed by atoms with van der Waals surface area (Å²) in [5.41, 5.74) is 0.395. The molecular weight excluding hydrogens is 315 g/mol. The van der Waals surface area contributed by atoms with Crippen molar-refractivity contribution in [2.24, 2.45) is 0 Å². The molecule has 0 saturated heterocycles. The van der Waals surface area contributed by atoms with Gasteiger partial charge in [-0.1, -0.05) is 12.1 Å². The van der Waals surface area contributed by atoms with E-state index in [1.165, 1.54) is 44.4 Å². The van der Waals surface area contributed by atoms with Crippen molar-refractivity contribution < 1.29 is 27.5 Å². The van der Waals surface area contributed by atoms with Gasteiger partial charge >= 0.3 is 18.2 Å². The van der Waals surface area contributed by atoms with Crippen LogP contribution < -0.4 is 10.4 Å². The highest BCUT2D eigenvalue weighted by atomic mass is 19.4. The number of carbonyl (C=O) groups excluding carboxylic acids is 2. The average molecular weight is 329 g/mol. The summed E-state index contributed by atoms with van der Waals surface area (Å²) in [6.07, 6.45) is -6.39. The highest BCUT2D eigenvalue weighted by Crippen LogP contribution is 2.23. The Bertz CT molecular complexity index is 645. The molecule has 6 nitrogen and oxygen atoms in total. The number of carbonyl (C=O) groups is 2. The number of amides is 2. The van der Waals surface area contributed by atoms with Crippen molar-refractivity contribution in [3.63, 3.8) is 0 Å². The molecule has 0 aliphatic heterocycles.